The van der Waals surface area contributed by atoms with Crippen molar-refractivity contribution < 1.29 is 9.18 Å². The molecule has 1 aromatic rings. The summed E-state index contributed by atoms with van der Waals surface area (Å²) >= 11 is 0. The maximum absolute atomic E-state index is 13.9. The minimum atomic E-state index is -0.715. The topological polar surface area (TPSA) is 32.3 Å². The van der Waals surface area contributed by atoms with Gasteiger partial charge in [0.1, 0.15) is 0 Å². The van der Waals surface area contributed by atoms with Gasteiger partial charge in [-0.15, -0.1) is 0 Å². The molecule has 1 aromatic carbocycles. The van der Waals surface area contributed by atoms with E-state index in [2.05, 4.69) is 10.2 Å². The van der Waals surface area contributed by atoms with Crippen LogP contribution < -0.4 is 5.32 Å². The second-order valence-corrected chi connectivity index (χ2v) is 5.62. The molecule has 4 heteroatoms. The summed E-state index contributed by atoms with van der Waals surface area (Å²) in [7, 11) is 0. The number of hydrogen-bond donors (Lipinski definition) is 1. The lowest BCUT2D eigenvalue weighted by Gasteiger charge is -2.44. The maximum atomic E-state index is 13.9. The fourth-order valence-corrected chi connectivity index (χ4v) is 3.13. The maximum Gasteiger partial charge on any atom is 0.280 e. The van der Waals surface area contributed by atoms with Crippen molar-refractivity contribution in [2.45, 2.75) is 18.9 Å². The third kappa shape index (κ3) is 2.90. The molecule has 20 heavy (non-hydrogen) atoms. The van der Waals surface area contributed by atoms with Crippen molar-refractivity contribution in [3.63, 3.8) is 0 Å². The summed E-state index contributed by atoms with van der Waals surface area (Å²) in [4.78, 5) is 14.3. The molecule has 0 spiro atoms. The van der Waals surface area contributed by atoms with Crippen molar-refractivity contribution in [2.75, 3.05) is 19.6 Å². The first kappa shape index (κ1) is 13.3. The number of nitrogens with one attached hydrogen (secondary N) is 1. The van der Waals surface area contributed by atoms with E-state index >= 15 is 0 Å². The quantitative estimate of drug-likeness (QED) is 0.857. The molecule has 4 rings (SSSR count). The molecular formula is C16H19FN2O. The van der Waals surface area contributed by atoms with Crippen molar-refractivity contribution in [1.82, 2.24) is 10.2 Å². The van der Waals surface area contributed by atoms with Crippen molar-refractivity contribution in [3.8, 4) is 0 Å². The molecule has 2 bridgehead atoms. The van der Waals surface area contributed by atoms with Gasteiger partial charge in [0, 0.05) is 12.6 Å². The lowest BCUT2D eigenvalue weighted by atomic mass is 9.84. The fourth-order valence-electron chi connectivity index (χ4n) is 3.13. The van der Waals surface area contributed by atoms with Crippen LogP contribution in [0.2, 0.25) is 0 Å². The zero-order valence-electron chi connectivity index (χ0n) is 11.4. The smallest absolute Gasteiger partial charge is 0.280 e. The van der Waals surface area contributed by atoms with Crippen LogP contribution in [0.5, 0.6) is 0 Å². The number of carbonyl (C=O) groups is 1. The number of fused-ring (bicyclic) bond motifs is 3. The number of hydrogen-bond acceptors (Lipinski definition) is 2. The van der Waals surface area contributed by atoms with Gasteiger partial charge in [-0.1, -0.05) is 30.3 Å². The Morgan fingerprint density at radius 2 is 1.95 bits per heavy atom. The number of nitrogens with zero attached hydrogens (tertiary/aromatic N) is 1. The van der Waals surface area contributed by atoms with E-state index in [0.717, 1.165) is 32.5 Å². The normalized spacial score (nSPS) is 29.2. The molecule has 1 N–H and O–H groups in total. The van der Waals surface area contributed by atoms with Crippen LogP contribution in [-0.2, 0) is 4.79 Å². The third-order valence-corrected chi connectivity index (χ3v) is 4.28. The molecule has 1 unspecified atom stereocenters. The summed E-state index contributed by atoms with van der Waals surface area (Å²) in [6, 6.07) is 9.17. The summed E-state index contributed by atoms with van der Waals surface area (Å²) in [5.41, 5.74) is 0.703. The van der Waals surface area contributed by atoms with Crippen molar-refractivity contribution in [1.29, 1.82) is 0 Å². The van der Waals surface area contributed by atoms with Gasteiger partial charge in [0.2, 0.25) is 0 Å². The Kier molecular flexibility index (Phi) is 3.83. The second kappa shape index (κ2) is 5.75. The van der Waals surface area contributed by atoms with E-state index in [4.69, 9.17) is 0 Å². The van der Waals surface area contributed by atoms with Crippen LogP contribution in [-0.4, -0.2) is 36.5 Å². The number of piperidine rings is 3. The molecule has 3 fully saturated rings. The van der Waals surface area contributed by atoms with E-state index < -0.39 is 11.7 Å². The zero-order valence-corrected chi connectivity index (χ0v) is 11.4. The standard InChI is InChI=1S/C16H19FN2O/c17-14(10-12-4-2-1-3-5-12)16(20)18-15-11-19-8-6-13(15)7-9-19/h1-5,10,13,15H,6-9,11H2,(H,18,20)/b14-10+. The Hall–Kier alpha value is -1.68. The summed E-state index contributed by atoms with van der Waals surface area (Å²) < 4.78 is 13.9. The van der Waals surface area contributed by atoms with E-state index in [-0.39, 0.29) is 6.04 Å². The highest BCUT2D eigenvalue weighted by Crippen LogP contribution is 2.27. The van der Waals surface area contributed by atoms with Crippen molar-refractivity contribution in [2.24, 2.45) is 5.92 Å². The highest BCUT2D eigenvalue weighted by atomic mass is 19.1. The van der Waals surface area contributed by atoms with Gasteiger partial charge in [-0.25, -0.2) is 4.39 Å². The molecule has 3 nitrogen and oxygen atoms in total. The molecule has 106 valence electrons. The Morgan fingerprint density at radius 1 is 1.25 bits per heavy atom. The van der Waals surface area contributed by atoms with Crippen LogP contribution in [0.1, 0.15) is 18.4 Å². The average Bonchev–Trinajstić information content (AvgIpc) is 2.49. The lowest BCUT2D eigenvalue weighted by Crippen LogP contribution is -2.57. The summed E-state index contributed by atoms with van der Waals surface area (Å²) in [5.74, 6) is -0.797. The Balaban J connectivity index is 1.63. The molecular weight excluding hydrogens is 255 g/mol. The SMILES string of the molecule is O=C(NC1CN2CCC1CC2)/C(F)=C\c1ccccc1. The molecule has 0 aliphatic carbocycles. The van der Waals surface area contributed by atoms with Crippen LogP contribution in [0.25, 0.3) is 6.08 Å². The average molecular weight is 274 g/mol. The highest BCUT2D eigenvalue weighted by Gasteiger charge is 2.35. The van der Waals surface area contributed by atoms with E-state index in [1.807, 2.05) is 18.2 Å². The Morgan fingerprint density at radius 3 is 2.55 bits per heavy atom. The van der Waals surface area contributed by atoms with Crippen LogP contribution in [0.15, 0.2) is 36.2 Å². The monoisotopic (exact) mass is 274 g/mol. The molecule has 0 aromatic heterocycles. The van der Waals surface area contributed by atoms with Gasteiger partial charge in [0.05, 0.1) is 0 Å². The van der Waals surface area contributed by atoms with Crippen LogP contribution in [0.4, 0.5) is 4.39 Å². The molecule has 1 amide bonds. The van der Waals surface area contributed by atoms with Gasteiger partial charge in [-0.05, 0) is 43.5 Å². The van der Waals surface area contributed by atoms with Crippen LogP contribution in [0, 0.1) is 5.92 Å². The minimum Gasteiger partial charge on any atom is -0.346 e. The first-order valence-electron chi connectivity index (χ1n) is 7.18. The summed E-state index contributed by atoms with van der Waals surface area (Å²) in [6.45, 7) is 3.08. The predicted molar refractivity (Wildman–Crippen MR) is 76.6 cm³/mol. The number of rotatable bonds is 3. The van der Waals surface area contributed by atoms with Crippen LogP contribution in [0.3, 0.4) is 0 Å². The third-order valence-electron chi connectivity index (χ3n) is 4.28. The van der Waals surface area contributed by atoms with E-state index in [1.165, 1.54) is 6.08 Å². The largest absolute Gasteiger partial charge is 0.346 e. The lowest BCUT2D eigenvalue weighted by molar-refractivity contribution is -0.120. The molecule has 3 aliphatic rings. The van der Waals surface area contributed by atoms with Crippen molar-refractivity contribution >= 4 is 12.0 Å². The van der Waals surface area contributed by atoms with E-state index in [1.54, 1.807) is 12.1 Å². The Labute approximate surface area is 118 Å². The fraction of sp³-hybridized carbons (Fsp3) is 0.438. The van der Waals surface area contributed by atoms with Gasteiger partial charge in [0.25, 0.3) is 5.91 Å². The summed E-state index contributed by atoms with van der Waals surface area (Å²) in [5, 5.41) is 2.85. The molecule has 3 saturated heterocycles. The molecule has 3 aliphatic heterocycles. The van der Waals surface area contributed by atoms with E-state index in [9.17, 15) is 9.18 Å². The molecule has 1 atom stereocenters. The number of amides is 1. The number of benzene rings is 1. The molecule has 3 heterocycles. The molecule has 0 saturated carbocycles. The van der Waals surface area contributed by atoms with Gasteiger partial charge in [0.15, 0.2) is 5.83 Å². The minimum absolute atomic E-state index is 0.0972. The first-order valence-corrected chi connectivity index (χ1v) is 7.18. The highest BCUT2D eigenvalue weighted by molar-refractivity contribution is 5.95. The molecule has 0 radical (unpaired) electrons. The summed E-state index contributed by atoms with van der Waals surface area (Å²) in [6.07, 6.45) is 3.50. The first-order chi connectivity index (χ1) is 9.72. The zero-order chi connectivity index (χ0) is 13.9. The van der Waals surface area contributed by atoms with Gasteiger partial charge >= 0.3 is 0 Å². The second-order valence-electron chi connectivity index (χ2n) is 5.62. The van der Waals surface area contributed by atoms with Gasteiger partial charge in [-0.2, -0.15) is 0 Å². The van der Waals surface area contributed by atoms with Gasteiger partial charge in [-0.3, -0.25) is 4.79 Å². The van der Waals surface area contributed by atoms with Crippen LogP contribution >= 0.6 is 0 Å². The predicted octanol–water partition coefficient (Wildman–Crippen LogP) is 2.21. The van der Waals surface area contributed by atoms with Crippen molar-refractivity contribution in [3.05, 3.63) is 41.7 Å². The number of carbonyl (C=O) groups excluding carboxylic acids is 1. The number of halogens is 1. The Bertz CT molecular complexity index is 506. The van der Waals surface area contributed by atoms with E-state index in [0.29, 0.717) is 11.5 Å². The van der Waals surface area contributed by atoms with Gasteiger partial charge < -0.3 is 10.2 Å².